The van der Waals surface area contributed by atoms with Gasteiger partial charge in [-0.25, -0.2) is 4.99 Å². The van der Waals surface area contributed by atoms with Gasteiger partial charge in [-0.2, -0.15) is 0 Å². The van der Waals surface area contributed by atoms with Crippen LogP contribution >= 0.6 is 0 Å². The van der Waals surface area contributed by atoms with Crippen molar-refractivity contribution in [3.05, 3.63) is 35.9 Å². The molecule has 0 aliphatic carbocycles. The minimum atomic E-state index is -0.179. The van der Waals surface area contributed by atoms with E-state index in [1.54, 1.807) is 0 Å². The molecule has 1 aliphatic heterocycles. The molecule has 3 N–H and O–H groups in total. The number of hydrogen-bond donors (Lipinski definition) is 3. The van der Waals surface area contributed by atoms with E-state index >= 15 is 0 Å². The van der Waals surface area contributed by atoms with Crippen LogP contribution in [0.2, 0.25) is 0 Å². The Morgan fingerprint density at radius 3 is 2.12 bits per heavy atom. The van der Waals surface area contributed by atoms with Gasteiger partial charge < -0.3 is 10.6 Å². The van der Waals surface area contributed by atoms with Crippen molar-refractivity contribution in [2.24, 2.45) is 9.98 Å². The monoisotopic (exact) mass is 357 g/mol. The molecule has 1 aromatic rings. The van der Waals surface area contributed by atoms with Crippen LogP contribution in [0.3, 0.4) is 0 Å². The lowest BCUT2D eigenvalue weighted by atomic mass is 10.0. The molecule has 0 spiro atoms. The number of hydrogen-bond acceptors (Lipinski definition) is 2. The second-order valence-corrected chi connectivity index (χ2v) is 6.96. The lowest BCUT2D eigenvalue weighted by Gasteiger charge is -2.40. The van der Waals surface area contributed by atoms with Crippen molar-refractivity contribution in [1.82, 2.24) is 16.0 Å². The largest absolute Gasteiger partial charge is 0.333 e. The van der Waals surface area contributed by atoms with Gasteiger partial charge in [0.2, 0.25) is 0 Å². The first-order valence-electron chi connectivity index (χ1n) is 10.2. The van der Waals surface area contributed by atoms with E-state index in [1.165, 1.54) is 31.2 Å². The molecule has 1 aromatic carbocycles. The van der Waals surface area contributed by atoms with E-state index in [0.717, 1.165) is 37.7 Å². The van der Waals surface area contributed by atoms with Gasteiger partial charge in [-0.3, -0.25) is 10.3 Å². The van der Waals surface area contributed by atoms with Crippen molar-refractivity contribution in [1.29, 1.82) is 0 Å². The highest BCUT2D eigenvalue weighted by molar-refractivity contribution is 6.01. The number of nitrogens with one attached hydrogen (secondary N) is 3. The van der Waals surface area contributed by atoms with Crippen LogP contribution in [0, 0.1) is 0 Å². The molecular formula is C21H35N5. The lowest BCUT2D eigenvalue weighted by Crippen LogP contribution is -2.70. The second kappa shape index (κ2) is 10.8. The highest BCUT2D eigenvalue weighted by atomic mass is 15.4. The summed E-state index contributed by atoms with van der Waals surface area (Å²) in [4.78, 5) is 9.49. The SMILES string of the molecule is CCCCCCCN=C1NC(=NCc2ccccc2)NC(CC)(CC)N1. The summed E-state index contributed by atoms with van der Waals surface area (Å²) in [5, 5.41) is 10.4. The van der Waals surface area contributed by atoms with Gasteiger partial charge in [-0.05, 0) is 24.8 Å². The Morgan fingerprint density at radius 1 is 0.808 bits per heavy atom. The Bertz CT molecular complexity index is 575. The number of benzene rings is 1. The minimum absolute atomic E-state index is 0.179. The van der Waals surface area contributed by atoms with E-state index in [0.29, 0.717) is 6.54 Å². The number of rotatable bonds is 10. The zero-order valence-corrected chi connectivity index (χ0v) is 16.6. The zero-order chi connectivity index (χ0) is 18.7. The van der Waals surface area contributed by atoms with Gasteiger partial charge in [0.15, 0.2) is 11.9 Å². The van der Waals surface area contributed by atoms with Crippen molar-refractivity contribution in [2.75, 3.05) is 6.54 Å². The Labute approximate surface area is 158 Å². The molecule has 0 amide bonds. The van der Waals surface area contributed by atoms with Crippen LogP contribution in [-0.4, -0.2) is 24.1 Å². The maximum absolute atomic E-state index is 4.75. The third kappa shape index (κ3) is 6.36. The van der Waals surface area contributed by atoms with Crippen molar-refractivity contribution < 1.29 is 0 Å². The van der Waals surface area contributed by atoms with Crippen molar-refractivity contribution in [3.8, 4) is 0 Å². The van der Waals surface area contributed by atoms with Gasteiger partial charge in [0.05, 0.1) is 6.54 Å². The molecule has 1 saturated heterocycles. The average molecular weight is 358 g/mol. The highest BCUT2D eigenvalue weighted by Gasteiger charge is 2.32. The van der Waals surface area contributed by atoms with Gasteiger partial charge in [0.1, 0.15) is 5.66 Å². The summed E-state index contributed by atoms with van der Waals surface area (Å²) in [5.74, 6) is 1.65. The van der Waals surface area contributed by atoms with Crippen LogP contribution in [0.4, 0.5) is 0 Å². The van der Waals surface area contributed by atoms with Gasteiger partial charge in [0.25, 0.3) is 0 Å². The van der Waals surface area contributed by atoms with Crippen LogP contribution in [-0.2, 0) is 6.54 Å². The molecule has 0 aromatic heterocycles. The molecule has 2 rings (SSSR count). The summed E-state index contributed by atoms with van der Waals surface area (Å²) in [6.45, 7) is 8.13. The second-order valence-electron chi connectivity index (χ2n) is 6.96. The first-order chi connectivity index (χ1) is 12.7. The topological polar surface area (TPSA) is 60.8 Å². The lowest BCUT2D eigenvalue weighted by molar-refractivity contribution is 0.307. The molecule has 0 bridgehead atoms. The average Bonchev–Trinajstić information content (AvgIpc) is 2.69. The molecule has 1 aliphatic rings. The maximum atomic E-state index is 4.75. The Morgan fingerprint density at radius 2 is 1.46 bits per heavy atom. The number of nitrogens with zero attached hydrogens (tertiary/aromatic N) is 2. The van der Waals surface area contributed by atoms with E-state index in [-0.39, 0.29) is 5.66 Å². The molecule has 0 saturated carbocycles. The molecule has 5 heteroatoms. The van der Waals surface area contributed by atoms with E-state index in [2.05, 4.69) is 48.9 Å². The van der Waals surface area contributed by atoms with Crippen LogP contribution in [0.5, 0.6) is 0 Å². The van der Waals surface area contributed by atoms with Crippen LogP contribution in [0.25, 0.3) is 0 Å². The smallest absolute Gasteiger partial charge is 0.200 e. The van der Waals surface area contributed by atoms with E-state index < -0.39 is 0 Å². The molecular weight excluding hydrogens is 322 g/mol. The molecule has 5 nitrogen and oxygen atoms in total. The van der Waals surface area contributed by atoms with Gasteiger partial charge in [0, 0.05) is 6.54 Å². The van der Waals surface area contributed by atoms with Gasteiger partial charge in [-0.15, -0.1) is 0 Å². The Kier molecular flexibility index (Phi) is 8.45. The third-order valence-corrected chi connectivity index (χ3v) is 4.95. The summed E-state index contributed by atoms with van der Waals surface area (Å²) in [6, 6.07) is 10.3. The highest BCUT2D eigenvalue weighted by Crippen LogP contribution is 2.14. The van der Waals surface area contributed by atoms with Crippen molar-refractivity contribution in [2.45, 2.75) is 77.9 Å². The first-order valence-corrected chi connectivity index (χ1v) is 10.2. The van der Waals surface area contributed by atoms with E-state index in [9.17, 15) is 0 Å². The molecule has 26 heavy (non-hydrogen) atoms. The summed E-state index contributed by atoms with van der Waals surface area (Å²) >= 11 is 0. The molecule has 0 atom stereocenters. The van der Waals surface area contributed by atoms with Crippen LogP contribution in [0.1, 0.15) is 71.3 Å². The minimum Gasteiger partial charge on any atom is -0.333 e. The predicted octanol–water partition coefficient (Wildman–Crippen LogP) is 4.17. The first kappa shape index (κ1) is 20.3. The fourth-order valence-corrected chi connectivity index (χ4v) is 3.08. The van der Waals surface area contributed by atoms with Crippen LogP contribution in [0.15, 0.2) is 40.3 Å². The maximum Gasteiger partial charge on any atom is 0.200 e. The third-order valence-electron chi connectivity index (χ3n) is 4.95. The predicted molar refractivity (Wildman–Crippen MR) is 111 cm³/mol. The Hall–Kier alpha value is -2.04. The number of unbranched alkanes of at least 4 members (excludes halogenated alkanes) is 4. The quantitative estimate of drug-likeness (QED) is 0.551. The number of guanidine groups is 2. The molecule has 0 unspecified atom stereocenters. The number of aliphatic imine (C=N–C) groups is 2. The summed E-state index contributed by atoms with van der Waals surface area (Å²) in [6.07, 6.45) is 8.23. The normalized spacial score (nSPS) is 19.0. The molecule has 144 valence electrons. The fourth-order valence-electron chi connectivity index (χ4n) is 3.08. The fraction of sp³-hybridized carbons (Fsp3) is 0.619. The summed E-state index contributed by atoms with van der Waals surface area (Å²) in [7, 11) is 0. The summed E-state index contributed by atoms with van der Waals surface area (Å²) < 4.78 is 0. The van der Waals surface area contributed by atoms with E-state index in [4.69, 9.17) is 9.98 Å². The van der Waals surface area contributed by atoms with Crippen molar-refractivity contribution >= 4 is 11.9 Å². The molecule has 1 heterocycles. The molecule has 0 radical (unpaired) electrons. The summed E-state index contributed by atoms with van der Waals surface area (Å²) in [5.41, 5.74) is 1.03. The van der Waals surface area contributed by atoms with Gasteiger partial charge >= 0.3 is 0 Å². The van der Waals surface area contributed by atoms with E-state index in [1.807, 2.05) is 18.2 Å². The zero-order valence-electron chi connectivity index (χ0n) is 16.6. The Balaban J connectivity index is 1.99. The van der Waals surface area contributed by atoms with Gasteiger partial charge in [-0.1, -0.05) is 76.8 Å². The molecule has 1 fully saturated rings. The standard InChI is InChI=1S/C21H35N5/c1-4-7-8-9-13-16-22-19-24-20(26-21(5-2,6-3)25-19)23-17-18-14-11-10-12-15-18/h10-12,14-15H,4-9,13,16-17H2,1-3H3,(H3,22,23,24,25,26). The van der Waals surface area contributed by atoms with Crippen molar-refractivity contribution in [3.63, 3.8) is 0 Å². The van der Waals surface area contributed by atoms with Crippen LogP contribution < -0.4 is 16.0 Å².